The van der Waals surface area contributed by atoms with E-state index in [1.807, 2.05) is 18.2 Å². The minimum Gasteiger partial charge on any atom is -0.397 e. The molecule has 0 heterocycles. The monoisotopic (exact) mass is 252 g/mol. The van der Waals surface area contributed by atoms with Gasteiger partial charge in [0.2, 0.25) is 0 Å². The molecule has 0 bridgehead atoms. The third-order valence-electron chi connectivity index (χ3n) is 3.79. The van der Waals surface area contributed by atoms with Crippen LogP contribution in [-0.4, -0.2) is 6.04 Å². The van der Waals surface area contributed by atoms with Gasteiger partial charge in [-0.05, 0) is 49.3 Å². The molecule has 1 aromatic carbocycles. The van der Waals surface area contributed by atoms with Crippen molar-refractivity contribution >= 4 is 23.0 Å². The number of nitrogen functional groups attached to an aromatic ring is 1. The van der Waals surface area contributed by atoms with Crippen LogP contribution in [-0.2, 0) is 0 Å². The van der Waals surface area contributed by atoms with Gasteiger partial charge in [-0.25, -0.2) is 0 Å². The van der Waals surface area contributed by atoms with Crippen LogP contribution in [0.3, 0.4) is 0 Å². The van der Waals surface area contributed by atoms with Crippen LogP contribution < -0.4 is 11.1 Å². The lowest BCUT2D eigenvalue weighted by molar-refractivity contribution is 0.276. The van der Waals surface area contributed by atoms with E-state index in [4.69, 9.17) is 17.3 Å². The first-order valence-electron chi connectivity index (χ1n) is 6.38. The van der Waals surface area contributed by atoms with Gasteiger partial charge in [-0.2, -0.15) is 0 Å². The van der Waals surface area contributed by atoms with Crippen LogP contribution in [0.25, 0.3) is 0 Å². The average Bonchev–Trinajstić information content (AvgIpc) is 2.27. The fourth-order valence-electron chi connectivity index (χ4n) is 2.73. The molecule has 17 heavy (non-hydrogen) atoms. The zero-order valence-electron chi connectivity index (χ0n) is 10.5. The minimum absolute atomic E-state index is 0.520. The highest BCUT2D eigenvalue weighted by Crippen LogP contribution is 2.32. The highest BCUT2D eigenvalue weighted by atomic mass is 35.5. The summed E-state index contributed by atoms with van der Waals surface area (Å²) in [7, 11) is 0. The highest BCUT2D eigenvalue weighted by molar-refractivity contribution is 6.31. The molecule has 0 spiro atoms. The van der Waals surface area contributed by atoms with Crippen LogP contribution in [0.2, 0.25) is 5.02 Å². The fourth-order valence-corrected chi connectivity index (χ4v) is 2.91. The molecule has 0 amide bonds. The molecule has 3 N–H and O–H groups in total. The van der Waals surface area contributed by atoms with Crippen LogP contribution in [0, 0.1) is 11.8 Å². The van der Waals surface area contributed by atoms with Gasteiger partial charge in [-0.3, -0.25) is 0 Å². The molecule has 3 heteroatoms. The van der Waals surface area contributed by atoms with E-state index in [-0.39, 0.29) is 0 Å². The second-order valence-corrected chi connectivity index (χ2v) is 5.81. The first-order chi connectivity index (χ1) is 8.06. The largest absolute Gasteiger partial charge is 0.397 e. The van der Waals surface area contributed by atoms with Gasteiger partial charge in [-0.15, -0.1) is 0 Å². The van der Waals surface area contributed by atoms with Crippen molar-refractivity contribution in [3.8, 4) is 0 Å². The van der Waals surface area contributed by atoms with Crippen molar-refractivity contribution in [3.63, 3.8) is 0 Å². The molecule has 2 nitrogen and oxygen atoms in total. The Hall–Kier alpha value is -0.890. The summed E-state index contributed by atoms with van der Waals surface area (Å²) in [5, 5.41) is 4.29. The smallest absolute Gasteiger partial charge is 0.0591 e. The average molecular weight is 253 g/mol. The number of hydrogen-bond donors (Lipinski definition) is 2. The summed E-state index contributed by atoms with van der Waals surface area (Å²) in [6.45, 7) is 4.65. The van der Waals surface area contributed by atoms with Gasteiger partial charge in [0.25, 0.3) is 0 Å². The van der Waals surface area contributed by atoms with Crippen molar-refractivity contribution in [2.45, 2.75) is 39.2 Å². The molecule has 1 aliphatic carbocycles. The summed E-state index contributed by atoms with van der Waals surface area (Å²) in [6, 6.07) is 6.13. The number of nitrogens with one attached hydrogen (secondary N) is 1. The SMILES string of the molecule is CC1CCC(Nc2cc(Cl)ccc2N)C(C)C1. The quantitative estimate of drug-likeness (QED) is 0.776. The van der Waals surface area contributed by atoms with Gasteiger partial charge in [0.15, 0.2) is 0 Å². The zero-order valence-corrected chi connectivity index (χ0v) is 11.3. The first-order valence-corrected chi connectivity index (χ1v) is 6.75. The van der Waals surface area contributed by atoms with Gasteiger partial charge in [0.05, 0.1) is 11.4 Å². The van der Waals surface area contributed by atoms with Gasteiger partial charge in [0.1, 0.15) is 0 Å². The third kappa shape index (κ3) is 3.06. The van der Waals surface area contributed by atoms with Crippen molar-refractivity contribution in [2.24, 2.45) is 11.8 Å². The Morgan fingerprint density at radius 2 is 2.06 bits per heavy atom. The molecule has 0 saturated heterocycles. The Morgan fingerprint density at radius 3 is 2.76 bits per heavy atom. The predicted molar refractivity (Wildman–Crippen MR) is 75.5 cm³/mol. The Kier molecular flexibility index (Phi) is 3.82. The molecule has 0 aromatic heterocycles. The molecule has 1 saturated carbocycles. The van der Waals surface area contributed by atoms with E-state index in [1.54, 1.807) is 0 Å². The van der Waals surface area contributed by atoms with E-state index in [9.17, 15) is 0 Å². The van der Waals surface area contributed by atoms with E-state index in [1.165, 1.54) is 19.3 Å². The summed E-state index contributed by atoms with van der Waals surface area (Å²) in [5.41, 5.74) is 7.71. The van der Waals surface area contributed by atoms with Crippen LogP contribution in [0.4, 0.5) is 11.4 Å². The summed E-state index contributed by atoms with van der Waals surface area (Å²) < 4.78 is 0. The second kappa shape index (κ2) is 5.18. The Bertz CT molecular complexity index is 392. The zero-order chi connectivity index (χ0) is 12.4. The standard InChI is InChI=1S/C14H21ClN2/c1-9-3-6-13(10(2)7-9)17-14-8-11(15)4-5-12(14)16/h4-5,8-10,13,17H,3,6-7,16H2,1-2H3. The molecule has 94 valence electrons. The maximum absolute atomic E-state index is 6.00. The molecule has 2 rings (SSSR count). The van der Waals surface area contributed by atoms with Gasteiger partial charge in [-0.1, -0.05) is 25.4 Å². The van der Waals surface area contributed by atoms with Crippen molar-refractivity contribution in [1.29, 1.82) is 0 Å². The van der Waals surface area contributed by atoms with E-state index in [0.717, 1.165) is 22.3 Å². The topological polar surface area (TPSA) is 38.0 Å². The van der Waals surface area contributed by atoms with E-state index < -0.39 is 0 Å². The van der Waals surface area contributed by atoms with Gasteiger partial charge >= 0.3 is 0 Å². The number of rotatable bonds is 2. The highest BCUT2D eigenvalue weighted by Gasteiger charge is 2.25. The number of nitrogens with two attached hydrogens (primary N) is 1. The van der Waals surface area contributed by atoms with E-state index in [2.05, 4.69) is 19.2 Å². The first kappa shape index (κ1) is 12.6. The molecule has 1 aliphatic rings. The number of halogens is 1. The molecular formula is C14H21ClN2. The van der Waals surface area contributed by atoms with Crippen LogP contribution in [0.1, 0.15) is 33.1 Å². The Morgan fingerprint density at radius 1 is 1.29 bits per heavy atom. The Labute approximate surface area is 109 Å². The van der Waals surface area contributed by atoms with E-state index in [0.29, 0.717) is 12.0 Å². The lowest BCUT2D eigenvalue weighted by atomic mass is 9.80. The van der Waals surface area contributed by atoms with Crippen molar-refractivity contribution in [1.82, 2.24) is 0 Å². The van der Waals surface area contributed by atoms with Crippen molar-refractivity contribution < 1.29 is 0 Å². The lowest BCUT2D eigenvalue weighted by Crippen LogP contribution is -2.33. The van der Waals surface area contributed by atoms with Gasteiger partial charge < -0.3 is 11.1 Å². The number of benzene rings is 1. The van der Waals surface area contributed by atoms with Crippen molar-refractivity contribution in [3.05, 3.63) is 23.2 Å². The fraction of sp³-hybridized carbons (Fsp3) is 0.571. The Balaban J connectivity index is 2.07. The molecule has 0 aliphatic heterocycles. The number of anilines is 2. The normalized spacial score (nSPS) is 29.0. The molecule has 3 unspecified atom stereocenters. The number of hydrogen-bond acceptors (Lipinski definition) is 2. The lowest BCUT2D eigenvalue weighted by Gasteiger charge is -2.34. The molecule has 1 fully saturated rings. The second-order valence-electron chi connectivity index (χ2n) is 5.38. The summed E-state index contributed by atoms with van der Waals surface area (Å²) in [4.78, 5) is 0. The van der Waals surface area contributed by atoms with Gasteiger partial charge in [0, 0.05) is 11.1 Å². The minimum atomic E-state index is 0.520. The van der Waals surface area contributed by atoms with Crippen LogP contribution in [0.15, 0.2) is 18.2 Å². The summed E-state index contributed by atoms with van der Waals surface area (Å²) in [5.74, 6) is 1.54. The summed E-state index contributed by atoms with van der Waals surface area (Å²) in [6.07, 6.45) is 3.80. The van der Waals surface area contributed by atoms with Crippen molar-refractivity contribution in [2.75, 3.05) is 11.1 Å². The maximum Gasteiger partial charge on any atom is 0.0591 e. The van der Waals surface area contributed by atoms with Crippen LogP contribution in [0.5, 0.6) is 0 Å². The molecule has 1 aromatic rings. The van der Waals surface area contributed by atoms with E-state index >= 15 is 0 Å². The molecule has 3 atom stereocenters. The molecular weight excluding hydrogens is 232 g/mol. The predicted octanol–water partition coefficient (Wildman–Crippen LogP) is 4.16. The third-order valence-corrected chi connectivity index (χ3v) is 4.02. The summed E-state index contributed by atoms with van der Waals surface area (Å²) >= 11 is 6.00. The van der Waals surface area contributed by atoms with Crippen LogP contribution >= 0.6 is 11.6 Å². The molecule has 0 radical (unpaired) electrons. The maximum atomic E-state index is 6.00.